The van der Waals surface area contributed by atoms with E-state index in [1.807, 2.05) is 11.8 Å². The van der Waals surface area contributed by atoms with Gasteiger partial charge in [-0.3, -0.25) is 9.69 Å². The molecular formula is C16H19ClN4O2. The fraction of sp³-hybridized carbons (Fsp3) is 0.438. The molecule has 1 amide bonds. The number of nitrogens with zero attached hydrogens (tertiary/aromatic N) is 4. The molecule has 0 aliphatic carbocycles. The highest BCUT2D eigenvalue weighted by molar-refractivity contribution is 6.30. The van der Waals surface area contributed by atoms with Crippen molar-refractivity contribution in [2.75, 3.05) is 26.2 Å². The van der Waals surface area contributed by atoms with Crippen LogP contribution in [0.3, 0.4) is 0 Å². The maximum atomic E-state index is 12.6. The molecule has 6 nitrogen and oxygen atoms in total. The average molecular weight is 335 g/mol. The maximum absolute atomic E-state index is 12.6. The summed E-state index contributed by atoms with van der Waals surface area (Å²) in [5.74, 6) is 1.33. The van der Waals surface area contributed by atoms with Crippen LogP contribution < -0.4 is 0 Å². The zero-order valence-electron chi connectivity index (χ0n) is 13.0. The molecule has 0 atom stereocenters. The second-order valence-electron chi connectivity index (χ2n) is 5.66. The Morgan fingerprint density at radius 2 is 2.00 bits per heavy atom. The fourth-order valence-corrected chi connectivity index (χ4v) is 2.83. The van der Waals surface area contributed by atoms with Crippen LogP contribution in [0.1, 0.15) is 28.5 Å². The van der Waals surface area contributed by atoms with Crippen molar-refractivity contribution in [1.82, 2.24) is 19.9 Å². The van der Waals surface area contributed by atoms with E-state index in [2.05, 4.69) is 15.0 Å². The number of rotatable bonds is 3. The first-order valence-corrected chi connectivity index (χ1v) is 8.06. The van der Waals surface area contributed by atoms with Crippen molar-refractivity contribution < 1.29 is 9.32 Å². The van der Waals surface area contributed by atoms with Crippen LogP contribution in [0.25, 0.3) is 0 Å². The average Bonchev–Trinajstić information content (AvgIpc) is 2.81. The number of amides is 1. The summed E-state index contributed by atoms with van der Waals surface area (Å²) in [6.07, 6.45) is 0.923. The normalized spacial score (nSPS) is 16.3. The summed E-state index contributed by atoms with van der Waals surface area (Å²) in [4.78, 5) is 20.9. The zero-order chi connectivity index (χ0) is 16.2. The van der Waals surface area contributed by atoms with Crippen LogP contribution in [0.2, 0.25) is 5.02 Å². The summed E-state index contributed by atoms with van der Waals surface area (Å²) in [5.41, 5.74) is 0.676. The highest BCUT2D eigenvalue weighted by Gasteiger charge is 2.21. The summed E-state index contributed by atoms with van der Waals surface area (Å²) in [6, 6.07) is 7.04. The van der Waals surface area contributed by atoms with Crippen molar-refractivity contribution >= 4 is 17.5 Å². The van der Waals surface area contributed by atoms with Gasteiger partial charge in [0.15, 0.2) is 5.82 Å². The van der Waals surface area contributed by atoms with E-state index in [-0.39, 0.29) is 5.91 Å². The largest absolute Gasteiger partial charge is 0.338 e. The number of hydrogen-bond acceptors (Lipinski definition) is 5. The molecule has 1 aromatic heterocycles. The topological polar surface area (TPSA) is 62.5 Å². The standard InChI is InChI=1S/C16H19ClN4O2/c1-12-18-15(23-19-12)11-20-7-2-8-21(10-9-20)16(22)13-3-5-14(17)6-4-13/h3-6H,2,7-11H2,1H3. The third kappa shape index (κ3) is 4.09. The van der Waals surface area contributed by atoms with Crippen molar-refractivity contribution in [3.8, 4) is 0 Å². The predicted octanol–water partition coefficient (Wildman–Crippen LogP) is 2.38. The molecule has 2 heterocycles. The minimum Gasteiger partial charge on any atom is -0.338 e. The molecule has 1 aliphatic heterocycles. The number of halogens is 1. The molecule has 1 saturated heterocycles. The molecule has 0 bridgehead atoms. The Hall–Kier alpha value is -1.92. The lowest BCUT2D eigenvalue weighted by Gasteiger charge is -2.21. The lowest BCUT2D eigenvalue weighted by Crippen LogP contribution is -2.35. The molecular weight excluding hydrogens is 316 g/mol. The van der Waals surface area contributed by atoms with E-state index in [1.165, 1.54) is 0 Å². The van der Waals surface area contributed by atoms with Crippen LogP contribution in [-0.4, -0.2) is 52.0 Å². The van der Waals surface area contributed by atoms with E-state index >= 15 is 0 Å². The maximum Gasteiger partial charge on any atom is 0.253 e. The first-order chi connectivity index (χ1) is 11.1. The molecule has 3 rings (SSSR count). The van der Waals surface area contributed by atoms with Gasteiger partial charge in [0.05, 0.1) is 6.54 Å². The van der Waals surface area contributed by atoms with Gasteiger partial charge >= 0.3 is 0 Å². The number of carbonyl (C=O) groups is 1. The van der Waals surface area contributed by atoms with Crippen molar-refractivity contribution in [3.05, 3.63) is 46.6 Å². The molecule has 0 spiro atoms. The van der Waals surface area contributed by atoms with Crippen LogP contribution in [0, 0.1) is 6.92 Å². The molecule has 23 heavy (non-hydrogen) atoms. The van der Waals surface area contributed by atoms with Crippen LogP contribution in [0.5, 0.6) is 0 Å². The molecule has 1 aliphatic rings. The minimum absolute atomic E-state index is 0.0529. The molecule has 0 unspecified atom stereocenters. The van der Waals surface area contributed by atoms with Gasteiger partial charge in [-0.1, -0.05) is 16.8 Å². The quantitative estimate of drug-likeness (QED) is 0.862. The van der Waals surface area contributed by atoms with Gasteiger partial charge < -0.3 is 9.42 Å². The smallest absolute Gasteiger partial charge is 0.253 e. The number of aryl methyl sites for hydroxylation is 1. The molecule has 0 radical (unpaired) electrons. The molecule has 0 saturated carbocycles. The van der Waals surface area contributed by atoms with Crippen molar-refractivity contribution in [3.63, 3.8) is 0 Å². The Labute approximate surface area is 140 Å². The molecule has 2 aromatic rings. The monoisotopic (exact) mass is 334 g/mol. The first kappa shape index (κ1) is 16.0. The van der Waals surface area contributed by atoms with Crippen molar-refractivity contribution in [1.29, 1.82) is 0 Å². The van der Waals surface area contributed by atoms with Gasteiger partial charge in [-0.05, 0) is 37.6 Å². The van der Waals surface area contributed by atoms with E-state index < -0.39 is 0 Å². The Balaban J connectivity index is 1.59. The minimum atomic E-state index is 0.0529. The van der Waals surface area contributed by atoms with Crippen molar-refractivity contribution in [2.24, 2.45) is 0 Å². The summed E-state index contributed by atoms with van der Waals surface area (Å²) < 4.78 is 5.17. The molecule has 1 aromatic carbocycles. The lowest BCUT2D eigenvalue weighted by molar-refractivity contribution is 0.0760. The number of hydrogen-bond donors (Lipinski definition) is 0. The molecule has 1 fully saturated rings. The van der Waals surface area contributed by atoms with Gasteiger partial charge in [-0.25, -0.2) is 0 Å². The summed E-state index contributed by atoms with van der Waals surface area (Å²) in [6.45, 7) is 5.58. The van der Waals surface area contributed by atoms with E-state index in [0.717, 1.165) is 26.1 Å². The van der Waals surface area contributed by atoms with Crippen LogP contribution in [-0.2, 0) is 6.54 Å². The second kappa shape index (κ2) is 7.10. The third-order valence-corrected chi connectivity index (χ3v) is 4.15. The Morgan fingerprint density at radius 3 is 2.70 bits per heavy atom. The van der Waals surface area contributed by atoms with Gasteiger partial charge in [0.25, 0.3) is 5.91 Å². The van der Waals surface area contributed by atoms with Gasteiger partial charge in [-0.15, -0.1) is 0 Å². The highest BCUT2D eigenvalue weighted by Crippen LogP contribution is 2.14. The van der Waals surface area contributed by atoms with Gasteiger partial charge in [0.2, 0.25) is 5.89 Å². The zero-order valence-corrected chi connectivity index (χ0v) is 13.8. The summed E-state index contributed by atoms with van der Waals surface area (Å²) >= 11 is 5.87. The van der Waals surface area contributed by atoms with E-state index in [9.17, 15) is 4.79 Å². The summed E-state index contributed by atoms with van der Waals surface area (Å²) in [5, 5.41) is 4.44. The van der Waals surface area contributed by atoms with Crippen molar-refractivity contribution in [2.45, 2.75) is 19.9 Å². The second-order valence-corrected chi connectivity index (χ2v) is 6.10. The molecule has 122 valence electrons. The Bertz CT molecular complexity index is 671. The van der Waals surface area contributed by atoms with Gasteiger partial charge in [-0.2, -0.15) is 4.98 Å². The predicted molar refractivity (Wildman–Crippen MR) is 86.3 cm³/mol. The van der Waals surface area contributed by atoms with Crippen LogP contribution in [0.4, 0.5) is 0 Å². The number of benzene rings is 1. The van der Waals surface area contributed by atoms with E-state index in [4.69, 9.17) is 16.1 Å². The first-order valence-electron chi connectivity index (χ1n) is 7.68. The van der Waals surface area contributed by atoms with Gasteiger partial charge in [0.1, 0.15) is 0 Å². The van der Waals surface area contributed by atoms with E-state index in [1.54, 1.807) is 24.3 Å². The van der Waals surface area contributed by atoms with Crippen LogP contribution in [0.15, 0.2) is 28.8 Å². The lowest BCUT2D eigenvalue weighted by atomic mass is 10.2. The third-order valence-electron chi connectivity index (χ3n) is 3.90. The molecule has 0 N–H and O–H groups in total. The fourth-order valence-electron chi connectivity index (χ4n) is 2.70. The number of aromatic nitrogens is 2. The Kier molecular flexibility index (Phi) is 4.93. The van der Waals surface area contributed by atoms with Gasteiger partial charge in [0, 0.05) is 36.8 Å². The highest BCUT2D eigenvalue weighted by atomic mass is 35.5. The molecule has 7 heteroatoms. The van der Waals surface area contributed by atoms with E-state index in [0.29, 0.717) is 35.4 Å². The van der Waals surface area contributed by atoms with Crippen LogP contribution >= 0.6 is 11.6 Å². The summed E-state index contributed by atoms with van der Waals surface area (Å²) in [7, 11) is 0. The SMILES string of the molecule is Cc1noc(CN2CCCN(C(=O)c3ccc(Cl)cc3)CC2)n1. The number of carbonyl (C=O) groups excluding carboxylic acids is 1. The Morgan fingerprint density at radius 1 is 1.22 bits per heavy atom.